The van der Waals surface area contributed by atoms with Crippen molar-refractivity contribution in [2.75, 3.05) is 0 Å². The fraction of sp³-hybridized carbons (Fsp3) is 0.273. The maximum Gasteiger partial charge on any atom is -0.0174 e. The number of rotatable bonds is 1. The lowest BCUT2D eigenvalue weighted by atomic mass is 9.98. The van der Waals surface area contributed by atoms with Crippen molar-refractivity contribution in [2.24, 2.45) is 0 Å². The van der Waals surface area contributed by atoms with Gasteiger partial charge < -0.3 is 0 Å². The molecule has 0 bridgehead atoms. The van der Waals surface area contributed by atoms with Gasteiger partial charge in [-0.2, -0.15) is 0 Å². The van der Waals surface area contributed by atoms with Gasteiger partial charge in [-0.3, -0.25) is 0 Å². The number of allylic oxidation sites excluding steroid dienone is 1. The van der Waals surface area contributed by atoms with Gasteiger partial charge >= 0.3 is 0 Å². The van der Waals surface area contributed by atoms with Crippen LogP contribution in [0.4, 0.5) is 0 Å². The fourth-order valence-electron chi connectivity index (χ4n) is 1.42. The third-order valence-electron chi connectivity index (χ3n) is 1.82. The molecule has 0 atom stereocenters. The molecule has 0 aliphatic heterocycles. The topological polar surface area (TPSA) is 0 Å². The van der Waals surface area contributed by atoms with Crippen molar-refractivity contribution < 1.29 is 0 Å². The fourth-order valence-corrected chi connectivity index (χ4v) is 1.42. The molecule has 0 nitrogen and oxygen atoms in total. The Kier molecular flexibility index (Phi) is 2.13. The summed E-state index contributed by atoms with van der Waals surface area (Å²) in [4.78, 5) is 0. The van der Waals surface area contributed by atoms with Crippen LogP contribution in [0.15, 0.2) is 18.7 Å². The standard InChI is InChI=1S/C11H13/c1-8(2)11-9(3)6-5-7-10(11)4/h6-7H,1H2,2-4H3. The molecule has 0 aliphatic carbocycles. The minimum absolute atomic E-state index is 1.13. The van der Waals surface area contributed by atoms with Gasteiger partial charge in [0.15, 0.2) is 0 Å². The third kappa shape index (κ3) is 1.51. The first-order valence-electron chi connectivity index (χ1n) is 3.76. The van der Waals surface area contributed by atoms with E-state index in [4.69, 9.17) is 0 Å². The summed E-state index contributed by atoms with van der Waals surface area (Å²) < 4.78 is 0. The minimum Gasteiger partial charge on any atom is -0.0955 e. The molecule has 0 N–H and O–H groups in total. The SMILES string of the molecule is C=C(C)c1c(C)c[c]cc1C. The van der Waals surface area contributed by atoms with Gasteiger partial charge in [-0.15, -0.1) is 0 Å². The monoisotopic (exact) mass is 145 g/mol. The molecular weight excluding hydrogens is 132 g/mol. The molecule has 0 spiro atoms. The van der Waals surface area contributed by atoms with Gasteiger partial charge in [0.25, 0.3) is 0 Å². The van der Waals surface area contributed by atoms with Crippen LogP contribution < -0.4 is 0 Å². The predicted molar refractivity (Wildman–Crippen MR) is 49.5 cm³/mol. The van der Waals surface area contributed by atoms with Gasteiger partial charge in [-0.05, 0) is 43.5 Å². The quantitative estimate of drug-likeness (QED) is 0.569. The Bertz CT molecular complexity index is 262. The van der Waals surface area contributed by atoms with Crippen LogP contribution in [0, 0.1) is 19.9 Å². The summed E-state index contributed by atoms with van der Waals surface area (Å²) in [6.07, 6.45) is 0. The van der Waals surface area contributed by atoms with Crippen LogP contribution in [0.25, 0.3) is 5.57 Å². The summed E-state index contributed by atoms with van der Waals surface area (Å²) in [5.41, 5.74) is 4.94. The smallest absolute Gasteiger partial charge is 0.0174 e. The van der Waals surface area contributed by atoms with E-state index in [1.165, 1.54) is 16.7 Å². The van der Waals surface area contributed by atoms with Crippen LogP contribution in [-0.2, 0) is 0 Å². The second-order valence-corrected chi connectivity index (χ2v) is 2.98. The lowest BCUT2D eigenvalue weighted by Gasteiger charge is -2.07. The van der Waals surface area contributed by atoms with Crippen molar-refractivity contribution in [1.82, 2.24) is 0 Å². The van der Waals surface area contributed by atoms with Crippen molar-refractivity contribution in [3.8, 4) is 0 Å². The molecule has 57 valence electrons. The first kappa shape index (κ1) is 8.06. The van der Waals surface area contributed by atoms with Gasteiger partial charge in [-0.25, -0.2) is 0 Å². The maximum absolute atomic E-state index is 3.93. The van der Waals surface area contributed by atoms with E-state index in [0.29, 0.717) is 0 Å². The normalized spacial score (nSPS) is 9.73. The second-order valence-electron chi connectivity index (χ2n) is 2.98. The van der Waals surface area contributed by atoms with E-state index in [-0.39, 0.29) is 0 Å². The molecule has 1 aromatic rings. The Labute approximate surface area is 68.6 Å². The second kappa shape index (κ2) is 2.91. The predicted octanol–water partition coefficient (Wildman–Crippen LogP) is 3.14. The highest BCUT2D eigenvalue weighted by atomic mass is 14.1. The Hall–Kier alpha value is -1.04. The van der Waals surface area contributed by atoms with Gasteiger partial charge in [0.1, 0.15) is 0 Å². The summed E-state index contributed by atoms with van der Waals surface area (Å²) >= 11 is 0. The van der Waals surface area contributed by atoms with Crippen LogP contribution in [-0.4, -0.2) is 0 Å². The van der Waals surface area contributed by atoms with Gasteiger partial charge in [-0.1, -0.05) is 24.3 Å². The number of hydrogen-bond acceptors (Lipinski definition) is 0. The van der Waals surface area contributed by atoms with E-state index in [1.807, 2.05) is 19.1 Å². The van der Waals surface area contributed by atoms with Crippen LogP contribution >= 0.6 is 0 Å². The first-order valence-corrected chi connectivity index (χ1v) is 3.76. The molecule has 0 saturated heterocycles. The van der Waals surface area contributed by atoms with E-state index in [0.717, 1.165) is 5.57 Å². The highest BCUT2D eigenvalue weighted by Crippen LogP contribution is 2.19. The van der Waals surface area contributed by atoms with E-state index < -0.39 is 0 Å². The van der Waals surface area contributed by atoms with Crippen molar-refractivity contribution >= 4 is 5.57 Å². The summed E-state index contributed by atoms with van der Waals surface area (Å²) in [7, 11) is 0. The zero-order chi connectivity index (χ0) is 8.43. The largest absolute Gasteiger partial charge is 0.0955 e. The van der Waals surface area contributed by atoms with Gasteiger partial charge in [0.2, 0.25) is 0 Å². The number of benzene rings is 1. The zero-order valence-corrected chi connectivity index (χ0v) is 7.36. The van der Waals surface area contributed by atoms with E-state index in [2.05, 4.69) is 26.5 Å². The summed E-state index contributed by atoms with van der Waals surface area (Å²) in [5, 5.41) is 0. The van der Waals surface area contributed by atoms with Crippen molar-refractivity contribution in [3.05, 3.63) is 41.5 Å². The van der Waals surface area contributed by atoms with Crippen LogP contribution in [0.1, 0.15) is 23.6 Å². The molecule has 0 aromatic heterocycles. The molecule has 0 fully saturated rings. The molecule has 0 unspecified atom stereocenters. The molecule has 0 heteroatoms. The van der Waals surface area contributed by atoms with E-state index in [1.54, 1.807) is 0 Å². The third-order valence-corrected chi connectivity index (χ3v) is 1.82. The molecular formula is C11H13. The molecule has 0 saturated carbocycles. The molecule has 0 aliphatic rings. The Morgan fingerprint density at radius 1 is 1.27 bits per heavy atom. The molecule has 0 heterocycles. The Balaban J connectivity index is 3.32. The Morgan fingerprint density at radius 3 is 2.00 bits per heavy atom. The summed E-state index contributed by atoms with van der Waals surface area (Å²) in [6.45, 7) is 10.2. The summed E-state index contributed by atoms with van der Waals surface area (Å²) in [6, 6.07) is 7.08. The van der Waals surface area contributed by atoms with Gasteiger partial charge in [0, 0.05) is 0 Å². The minimum atomic E-state index is 1.13. The molecule has 1 aromatic carbocycles. The van der Waals surface area contributed by atoms with Crippen LogP contribution in [0.2, 0.25) is 0 Å². The van der Waals surface area contributed by atoms with Crippen molar-refractivity contribution in [2.45, 2.75) is 20.8 Å². The van der Waals surface area contributed by atoms with Crippen LogP contribution in [0.5, 0.6) is 0 Å². The Morgan fingerprint density at radius 2 is 1.73 bits per heavy atom. The molecule has 11 heavy (non-hydrogen) atoms. The van der Waals surface area contributed by atoms with Crippen molar-refractivity contribution in [3.63, 3.8) is 0 Å². The van der Waals surface area contributed by atoms with Gasteiger partial charge in [0.05, 0.1) is 0 Å². The maximum atomic E-state index is 3.93. The molecule has 0 amide bonds. The summed E-state index contributed by atoms with van der Waals surface area (Å²) in [5.74, 6) is 0. The number of aryl methyl sites for hydroxylation is 2. The van der Waals surface area contributed by atoms with Crippen LogP contribution in [0.3, 0.4) is 0 Å². The first-order chi connectivity index (χ1) is 5.13. The molecule has 1 rings (SSSR count). The van der Waals surface area contributed by atoms with E-state index >= 15 is 0 Å². The average Bonchev–Trinajstić information content (AvgIpc) is 1.85. The lowest BCUT2D eigenvalue weighted by Crippen LogP contribution is -1.88. The van der Waals surface area contributed by atoms with Crippen molar-refractivity contribution in [1.29, 1.82) is 0 Å². The highest BCUT2D eigenvalue weighted by Gasteiger charge is 2.00. The van der Waals surface area contributed by atoms with E-state index in [9.17, 15) is 0 Å². The number of hydrogen-bond donors (Lipinski definition) is 0. The average molecular weight is 145 g/mol. The zero-order valence-electron chi connectivity index (χ0n) is 7.36. The lowest BCUT2D eigenvalue weighted by molar-refractivity contribution is 1.33. The highest BCUT2D eigenvalue weighted by molar-refractivity contribution is 5.67. The molecule has 1 radical (unpaired) electrons.